The molecule has 6 nitrogen and oxygen atoms in total. The van der Waals surface area contributed by atoms with Gasteiger partial charge >= 0.3 is 0 Å². The Balaban J connectivity index is 1.32. The van der Waals surface area contributed by atoms with Crippen molar-refractivity contribution >= 4 is 0 Å². The lowest BCUT2D eigenvalue weighted by molar-refractivity contribution is 0.106. The van der Waals surface area contributed by atoms with Gasteiger partial charge in [-0.3, -0.25) is 0 Å². The molecule has 0 aliphatic rings. The molecule has 0 aliphatic heterocycles. The van der Waals surface area contributed by atoms with Gasteiger partial charge in [0.25, 0.3) is 0 Å². The third kappa shape index (κ3) is 8.80. The van der Waals surface area contributed by atoms with Crippen molar-refractivity contribution in [2.45, 2.75) is 39.1 Å². The van der Waals surface area contributed by atoms with Gasteiger partial charge in [0.2, 0.25) is 0 Å². The van der Waals surface area contributed by atoms with Crippen LogP contribution in [0.15, 0.2) is 72.8 Å². The number of para-hydroxylation sites is 2. The Labute approximate surface area is 202 Å². The summed E-state index contributed by atoms with van der Waals surface area (Å²) in [7, 11) is 0. The van der Waals surface area contributed by atoms with E-state index in [2.05, 4.69) is 28.8 Å². The minimum atomic E-state index is -0.590. The second kappa shape index (κ2) is 13.7. The molecule has 0 aliphatic carbocycles. The molecule has 0 aromatic heterocycles. The number of hydrogen-bond acceptors (Lipinski definition) is 6. The van der Waals surface area contributed by atoms with Crippen molar-refractivity contribution in [1.29, 1.82) is 0 Å². The van der Waals surface area contributed by atoms with Crippen LogP contribution in [0.5, 0.6) is 11.5 Å². The fourth-order valence-corrected chi connectivity index (χ4v) is 3.54. The van der Waals surface area contributed by atoms with Crippen molar-refractivity contribution in [2.75, 3.05) is 26.3 Å². The molecular formula is C28H36N2O4. The molecule has 0 heterocycles. The minimum Gasteiger partial charge on any atom is -0.491 e. The van der Waals surface area contributed by atoms with Crippen LogP contribution in [-0.4, -0.2) is 48.7 Å². The van der Waals surface area contributed by atoms with E-state index in [1.54, 1.807) is 0 Å². The van der Waals surface area contributed by atoms with E-state index in [4.69, 9.17) is 9.47 Å². The Morgan fingerprint density at radius 2 is 1.09 bits per heavy atom. The summed E-state index contributed by atoms with van der Waals surface area (Å²) >= 11 is 0. The number of aliphatic hydroxyl groups excluding tert-OH is 2. The number of ether oxygens (including phenoxy) is 2. The maximum atomic E-state index is 10.2. The van der Waals surface area contributed by atoms with Crippen LogP contribution < -0.4 is 20.1 Å². The van der Waals surface area contributed by atoms with Crippen LogP contribution >= 0.6 is 0 Å². The van der Waals surface area contributed by atoms with Gasteiger partial charge in [-0.05, 0) is 48.2 Å². The Morgan fingerprint density at radius 1 is 0.647 bits per heavy atom. The first-order valence-corrected chi connectivity index (χ1v) is 11.7. The van der Waals surface area contributed by atoms with Gasteiger partial charge in [0.05, 0.1) is 0 Å². The van der Waals surface area contributed by atoms with Crippen molar-refractivity contribution in [3.63, 3.8) is 0 Å². The van der Waals surface area contributed by atoms with E-state index in [0.717, 1.165) is 33.8 Å². The molecular weight excluding hydrogens is 428 g/mol. The van der Waals surface area contributed by atoms with Gasteiger partial charge in [0.1, 0.15) is 36.9 Å². The third-order valence-electron chi connectivity index (χ3n) is 5.46. The zero-order chi connectivity index (χ0) is 24.2. The van der Waals surface area contributed by atoms with E-state index in [9.17, 15) is 10.2 Å². The highest BCUT2D eigenvalue weighted by molar-refractivity contribution is 5.32. The molecule has 0 saturated heterocycles. The molecule has 3 aromatic carbocycles. The van der Waals surface area contributed by atoms with Crippen LogP contribution in [0.4, 0.5) is 0 Å². The summed E-state index contributed by atoms with van der Waals surface area (Å²) in [5.41, 5.74) is 4.38. The lowest BCUT2D eigenvalue weighted by Gasteiger charge is -2.15. The van der Waals surface area contributed by atoms with Crippen molar-refractivity contribution in [3.8, 4) is 11.5 Å². The van der Waals surface area contributed by atoms with E-state index in [1.807, 2.05) is 68.4 Å². The summed E-state index contributed by atoms with van der Waals surface area (Å²) in [4.78, 5) is 0. The molecule has 2 atom stereocenters. The standard InChI is InChI=1S/C28H36N2O4/c1-21-8-3-5-12-27(21)33-19-25(31)17-29-15-23-10-7-11-24(14-23)16-30-18-26(32)20-34-28-13-6-4-9-22(28)2/h3-14,25-26,29-32H,15-20H2,1-2H3. The van der Waals surface area contributed by atoms with Gasteiger partial charge in [0, 0.05) is 26.2 Å². The highest BCUT2D eigenvalue weighted by Crippen LogP contribution is 2.17. The van der Waals surface area contributed by atoms with E-state index in [1.165, 1.54) is 0 Å². The summed E-state index contributed by atoms with van der Waals surface area (Å²) in [5.74, 6) is 1.60. The Bertz CT molecular complexity index is 934. The summed E-state index contributed by atoms with van der Waals surface area (Å²) < 4.78 is 11.4. The van der Waals surface area contributed by atoms with Gasteiger partial charge in [-0.15, -0.1) is 0 Å². The number of rotatable bonds is 14. The number of benzene rings is 3. The lowest BCUT2D eigenvalue weighted by Crippen LogP contribution is -2.31. The minimum absolute atomic E-state index is 0.248. The van der Waals surface area contributed by atoms with Crippen molar-refractivity contribution < 1.29 is 19.7 Å². The summed E-state index contributed by atoms with van der Waals surface area (Å²) in [6.45, 7) is 6.67. The maximum Gasteiger partial charge on any atom is 0.122 e. The quantitative estimate of drug-likeness (QED) is 0.293. The van der Waals surface area contributed by atoms with Gasteiger partial charge < -0.3 is 30.3 Å². The lowest BCUT2D eigenvalue weighted by atomic mass is 10.1. The Morgan fingerprint density at radius 3 is 1.53 bits per heavy atom. The molecule has 0 radical (unpaired) electrons. The average molecular weight is 465 g/mol. The zero-order valence-electron chi connectivity index (χ0n) is 20.0. The SMILES string of the molecule is Cc1ccccc1OCC(O)CNCc1cccc(CNCC(O)COc2ccccc2C)c1. The van der Waals surface area contributed by atoms with E-state index in [-0.39, 0.29) is 13.2 Å². The molecule has 3 aromatic rings. The zero-order valence-corrected chi connectivity index (χ0v) is 20.0. The summed E-state index contributed by atoms with van der Waals surface area (Å²) in [6, 6.07) is 23.8. The second-order valence-corrected chi connectivity index (χ2v) is 8.54. The normalized spacial score (nSPS) is 12.8. The van der Waals surface area contributed by atoms with Crippen molar-refractivity contribution in [3.05, 3.63) is 95.1 Å². The van der Waals surface area contributed by atoms with Crippen LogP contribution in [0.3, 0.4) is 0 Å². The first-order chi connectivity index (χ1) is 16.5. The van der Waals surface area contributed by atoms with Crippen molar-refractivity contribution in [1.82, 2.24) is 10.6 Å². The third-order valence-corrected chi connectivity index (χ3v) is 5.46. The highest BCUT2D eigenvalue weighted by Gasteiger charge is 2.08. The Hall–Kier alpha value is -2.90. The highest BCUT2D eigenvalue weighted by atomic mass is 16.5. The summed E-state index contributed by atoms with van der Waals surface area (Å²) in [5, 5.41) is 27.0. The molecule has 6 heteroatoms. The molecule has 0 fully saturated rings. The largest absolute Gasteiger partial charge is 0.491 e. The van der Waals surface area contributed by atoms with E-state index in [0.29, 0.717) is 26.2 Å². The molecule has 182 valence electrons. The number of nitrogens with one attached hydrogen (secondary N) is 2. The first kappa shape index (κ1) is 25.7. The fraction of sp³-hybridized carbons (Fsp3) is 0.357. The molecule has 0 spiro atoms. The van der Waals surface area contributed by atoms with E-state index >= 15 is 0 Å². The number of aryl methyl sites for hydroxylation is 2. The van der Waals surface area contributed by atoms with Crippen LogP contribution in [0.25, 0.3) is 0 Å². The number of hydrogen-bond donors (Lipinski definition) is 4. The summed E-state index contributed by atoms with van der Waals surface area (Å²) in [6.07, 6.45) is -1.18. The monoisotopic (exact) mass is 464 g/mol. The van der Waals surface area contributed by atoms with Gasteiger partial charge in [-0.2, -0.15) is 0 Å². The van der Waals surface area contributed by atoms with Crippen LogP contribution in [0.1, 0.15) is 22.3 Å². The smallest absolute Gasteiger partial charge is 0.122 e. The average Bonchev–Trinajstić information content (AvgIpc) is 2.83. The molecule has 0 saturated carbocycles. The van der Waals surface area contributed by atoms with Crippen molar-refractivity contribution in [2.24, 2.45) is 0 Å². The molecule has 0 bridgehead atoms. The van der Waals surface area contributed by atoms with Crippen LogP contribution in [-0.2, 0) is 13.1 Å². The molecule has 4 N–H and O–H groups in total. The van der Waals surface area contributed by atoms with Gasteiger partial charge in [-0.25, -0.2) is 0 Å². The topological polar surface area (TPSA) is 83.0 Å². The van der Waals surface area contributed by atoms with Crippen LogP contribution in [0, 0.1) is 13.8 Å². The second-order valence-electron chi connectivity index (χ2n) is 8.54. The molecule has 3 rings (SSSR count). The van der Waals surface area contributed by atoms with Gasteiger partial charge in [-0.1, -0.05) is 60.7 Å². The maximum absolute atomic E-state index is 10.2. The van der Waals surface area contributed by atoms with Gasteiger partial charge in [0.15, 0.2) is 0 Å². The predicted molar refractivity (Wildman–Crippen MR) is 135 cm³/mol. The molecule has 2 unspecified atom stereocenters. The number of aliphatic hydroxyl groups is 2. The predicted octanol–water partition coefficient (Wildman–Crippen LogP) is 3.36. The van der Waals surface area contributed by atoms with E-state index < -0.39 is 12.2 Å². The Kier molecular flexibility index (Phi) is 10.4. The van der Waals surface area contributed by atoms with Crippen LogP contribution in [0.2, 0.25) is 0 Å². The molecule has 34 heavy (non-hydrogen) atoms. The molecule has 0 amide bonds. The fourth-order valence-electron chi connectivity index (χ4n) is 3.54. The first-order valence-electron chi connectivity index (χ1n) is 11.7.